The van der Waals surface area contributed by atoms with Gasteiger partial charge in [-0.1, -0.05) is 42.5 Å². The summed E-state index contributed by atoms with van der Waals surface area (Å²) in [5, 5.41) is 22.0. The van der Waals surface area contributed by atoms with Crippen LogP contribution in [0.15, 0.2) is 78.9 Å². The van der Waals surface area contributed by atoms with E-state index in [-0.39, 0.29) is 11.7 Å². The summed E-state index contributed by atoms with van der Waals surface area (Å²) in [5.41, 5.74) is 2.76. The molecule has 1 heterocycles. The van der Waals surface area contributed by atoms with E-state index in [0.29, 0.717) is 76.0 Å². The minimum absolute atomic E-state index is 0.121. The van der Waals surface area contributed by atoms with E-state index in [0.717, 1.165) is 23.3 Å². The number of hydrogen-bond donors (Lipinski definition) is 5. The summed E-state index contributed by atoms with van der Waals surface area (Å²) in [7, 11) is 1.64. The van der Waals surface area contributed by atoms with E-state index in [4.69, 9.17) is 14.2 Å². The van der Waals surface area contributed by atoms with Gasteiger partial charge in [0.05, 0.1) is 33.5 Å². The van der Waals surface area contributed by atoms with Gasteiger partial charge in [-0.3, -0.25) is 4.79 Å². The fraction of sp³-hybridized carbons (Fsp3) is 0.312. The van der Waals surface area contributed by atoms with E-state index in [1.165, 1.54) is 0 Å². The quantitative estimate of drug-likeness (QED) is 0.100. The zero-order valence-corrected chi connectivity index (χ0v) is 24.8. The van der Waals surface area contributed by atoms with Crippen molar-refractivity contribution >= 4 is 23.8 Å². The molecule has 4 aromatic rings. The van der Waals surface area contributed by atoms with Crippen LogP contribution in [-0.2, 0) is 22.4 Å². The molecule has 232 valence electrons. The molecule has 0 saturated carbocycles. The third-order valence-electron chi connectivity index (χ3n) is 6.35. The molecule has 0 atom stereocenters. The number of phenolic OH excluding ortho intramolecular Hbond substituents is 1. The Balaban J connectivity index is 1.19. The summed E-state index contributed by atoms with van der Waals surface area (Å²) in [4.78, 5) is 25.6. The molecule has 0 fully saturated rings. The number of carbonyl (C=O) groups excluding carboxylic acids is 1. The zero-order chi connectivity index (χ0) is 30.8. The number of aromatic nitrogens is 3. The van der Waals surface area contributed by atoms with Gasteiger partial charge in [0.2, 0.25) is 17.8 Å². The standard InChI is InChI=1S/C32H39N7O5/c1-42-28-13-9-25(10-14-28)23-36-32-38-30(34-16-15-24-7-11-27(40)12-8-24)37-31(39-32)35-18-20-44-22-21-43-19-17-33-29(41)26-5-3-2-4-6-26/h2-14,40H,15-23H2,1H3,(H,33,41)(H3,34,35,36,37,38,39). The maximum Gasteiger partial charge on any atom is 0.251 e. The monoisotopic (exact) mass is 601 g/mol. The van der Waals surface area contributed by atoms with Gasteiger partial charge in [0, 0.05) is 31.7 Å². The topological polar surface area (TPSA) is 152 Å². The number of anilines is 3. The molecule has 12 heteroatoms. The summed E-state index contributed by atoms with van der Waals surface area (Å²) >= 11 is 0. The van der Waals surface area contributed by atoms with Crippen molar-refractivity contribution in [3.8, 4) is 11.5 Å². The number of rotatable bonds is 19. The SMILES string of the molecule is COc1ccc(CNc2nc(NCCOCCOCCNC(=O)c3ccccc3)nc(NCCc3ccc(O)cc3)n2)cc1. The van der Waals surface area contributed by atoms with Crippen LogP contribution in [0.2, 0.25) is 0 Å². The Morgan fingerprint density at radius 1 is 0.682 bits per heavy atom. The first kappa shape index (κ1) is 32.0. The van der Waals surface area contributed by atoms with Crippen LogP contribution in [0.25, 0.3) is 0 Å². The van der Waals surface area contributed by atoms with Gasteiger partial charge >= 0.3 is 0 Å². The van der Waals surface area contributed by atoms with Crippen molar-refractivity contribution in [1.82, 2.24) is 20.3 Å². The number of methoxy groups -OCH3 is 1. The smallest absolute Gasteiger partial charge is 0.251 e. The van der Waals surface area contributed by atoms with Crippen LogP contribution in [0.4, 0.5) is 17.8 Å². The number of phenols is 1. The highest BCUT2D eigenvalue weighted by atomic mass is 16.5. The lowest BCUT2D eigenvalue weighted by atomic mass is 10.1. The molecule has 0 radical (unpaired) electrons. The van der Waals surface area contributed by atoms with E-state index >= 15 is 0 Å². The molecule has 12 nitrogen and oxygen atoms in total. The van der Waals surface area contributed by atoms with E-state index in [2.05, 4.69) is 36.2 Å². The first-order chi connectivity index (χ1) is 21.6. The van der Waals surface area contributed by atoms with Gasteiger partial charge in [-0.05, 0) is 53.9 Å². The van der Waals surface area contributed by atoms with E-state index in [1.807, 2.05) is 54.6 Å². The van der Waals surface area contributed by atoms with Gasteiger partial charge in [0.25, 0.3) is 5.91 Å². The van der Waals surface area contributed by atoms with Crippen LogP contribution < -0.4 is 26.0 Å². The van der Waals surface area contributed by atoms with Crippen molar-refractivity contribution in [2.24, 2.45) is 0 Å². The number of hydrogen-bond acceptors (Lipinski definition) is 11. The van der Waals surface area contributed by atoms with Gasteiger partial charge in [-0.2, -0.15) is 15.0 Å². The number of nitrogens with zero attached hydrogens (tertiary/aromatic N) is 3. The average Bonchev–Trinajstić information content (AvgIpc) is 3.06. The van der Waals surface area contributed by atoms with Crippen molar-refractivity contribution in [2.75, 3.05) is 69.1 Å². The molecule has 0 aliphatic carbocycles. The molecule has 0 aliphatic heterocycles. The van der Waals surface area contributed by atoms with Gasteiger partial charge < -0.3 is 40.6 Å². The lowest BCUT2D eigenvalue weighted by molar-refractivity contribution is 0.0519. The summed E-state index contributed by atoms with van der Waals surface area (Å²) in [5.74, 6) is 2.19. The average molecular weight is 602 g/mol. The molecule has 1 amide bonds. The largest absolute Gasteiger partial charge is 0.508 e. The second kappa shape index (κ2) is 17.9. The number of benzene rings is 3. The van der Waals surface area contributed by atoms with Crippen molar-refractivity contribution in [3.05, 3.63) is 95.6 Å². The van der Waals surface area contributed by atoms with Crippen LogP contribution in [0.5, 0.6) is 11.5 Å². The number of aromatic hydroxyl groups is 1. The minimum atomic E-state index is -0.121. The highest BCUT2D eigenvalue weighted by Crippen LogP contribution is 2.15. The second-order valence-corrected chi connectivity index (χ2v) is 9.62. The highest BCUT2D eigenvalue weighted by Gasteiger charge is 2.08. The summed E-state index contributed by atoms with van der Waals surface area (Å²) in [6.45, 7) is 3.71. The van der Waals surface area contributed by atoms with E-state index in [1.54, 1.807) is 31.4 Å². The Kier molecular flexibility index (Phi) is 13.0. The zero-order valence-electron chi connectivity index (χ0n) is 24.8. The molecule has 0 aliphatic rings. The molecule has 0 bridgehead atoms. The third kappa shape index (κ3) is 11.4. The molecular weight excluding hydrogens is 562 g/mol. The van der Waals surface area contributed by atoms with Crippen molar-refractivity contribution < 1.29 is 24.1 Å². The molecule has 0 saturated heterocycles. The molecule has 3 aromatic carbocycles. The number of nitrogens with one attached hydrogen (secondary N) is 4. The maximum absolute atomic E-state index is 12.0. The Morgan fingerprint density at radius 3 is 1.93 bits per heavy atom. The molecule has 0 unspecified atom stereocenters. The molecule has 5 N–H and O–H groups in total. The molecular formula is C32H39N7O5. The lowest BCUT2D eigenvalue weighted by Gasteiger charge is -2.12. The first-order valence-electron chi connectivity index (χ1n) is 14.5. The predicted molar refractivity (Wildman–Crippen MR) is 169 cm³/mol. The molecule has 4 rings (SSSR count). The second-order valence-electron chi connectivity index (χ2n) is 9.62. The normalized spacial score (nSPS) is 10.7. The van der Waals surface area contributed by atoms with Crippen LogP contribution in [0.3, 0.4) is 0 Å². The van der Waals surface area contributed by atoms with Crippen molar-refractivity contribution in [1.29, 1.82) is 0 Å². The lowest BCUT2D eigenvalue weighted by Crippen LogP contribution is -2.27. The Bertz CT molecular complexity index is 1410. The van der Waals surface area contributed by atoms with Crippen LogP contribution in [0.1, 0.15) is 21.5 Å². The Hall–Kier alpha value is -4.94. The summed E-state index contributed by atoms with van der Waals surface area (Å²) in [6, 6.07) is 23.9. The number of amides is 1. The highest BCUT2D eigenvalue weighted by molar-refractivity contribution is 5.94. The number of carbonyl (C=O) groups is 1. The van der Waals surface area contributed by atoms with Gasteiger partial charge in [0.1, 0.15) is 11.5 Å². The van der Waals surface area contributed by atoms with Crippen LogP contribution in [0, 0.1) is 0 Å². The molecule has 44 heavy (non-hydrogen) atoms. The van der Waals surface area contributed by atoms with E-state index < -0.39 is 0 Å². The van der Waals surface area contributed by atoms with E-state index in [9.17, 15) is 9.90 Å². The number of ether oxygens (including phenoxy) is 3. The summed E-state index contributed by atoms with van der Waals surface area (Å²) < 4.78 is 16.4. The van der Waals surface area contributed by atoms with Crippen LogP contribution in [-0.4, -0.2) is 79.1 Å². The van der Waals surface area contributed by atoms with Crippen LogP contribution >= 0.6 is 0 Å². The Labute approximate surface area is 257 Å². The summed E-state index contributed by atoms with van der Waals surface area (Å²) in [6.07, 6.45) is 0.735. The molecule has 1 aromatic heterocycles. The third-order valence-corrected chi connectivity index (χ3v) is 6.35. The predicted octanol–water partition coefficient (Wildman–Crippen LogP) is 3.73. The fourth-order valence-electron chi connectivity index (χ4n) is 4.00. The maximum atomic E-state index is 12.0. The Morgan fingerprint density at radius 2 is 1.27 bits per heavy atom. The fourth-order valence-corrected chi connectivity index (χ4v) is 4.00. The molecule has 0 spiro atoms. The van der Waals surface area contributed by atoms with Crippen molar-refractivity contribution in [2.45, 2.75) is 13.0 Å². The van der Waals surface area contributed by atoms with Gasteiger partial charge in [-0.25, -0.2) is 0 Å². The first-order valence-corrected chi connectivity index (χ1v) is 14.5. The van der Waals surface area contributed by atoms with Gasteiger partial charge in [-0.15, -0.1) is 0 Å². The van der Waals surface area contributed by atoms with Crippen molar-refractivity contribution in [3.63, 3.8) is 0 Å². The minimum Gasteiger partial charge on any atom is -0.508 e. The van der Waals surface area contributed by atoms with Gasteiger partial charge in [0.15, 0.2) is 0 Å².